The molecule has 2 unspecified atom stereocenters. The van der Waals surface area contributed by atoms with E-state index < -0.39 is 0 Å². The second-order valence-electron chi connectivity index (χ2n) is 5.70. The van der Waals surface area contributed by atoms with Gasteiger partial charge >= 0.3 is 0 Å². The van der Waals surface area contributed by atoms with Gasteiger partial charge in [0.15, 0.2) is 0 Å². The van der Waals surface area contributed by atoms with Gasteiger partial charge < -0.3 is 5.32 Å². The van der Waals surface area contributed by atoms with Crippen LogP contribution in [0.15, 0.2) is 18.2 Å². The Balaban J connectivity index is 2.03. The molecule has 0 radical (unpaired) electrons. The first kappa shape index (κ1) is 15.1. The lowest BCUT2D eigenvalue weighted by Crippen LogP contribution is -2.49. The second-order valence-corrected chi connectivity index (χ2v) is 6.38. The molecule has 19 heavy (non-hydrogen) atoms. The number of nitrogens with one attached hydrogen (secondary N) is 1. The molecule has 0 saturated heterocycles. The largest absolute Gasteiger partial charge is 0.306 e. The number of hydrogen-bond donors (Lipinski definition) is 1. The van der Waals surface area contributed by atoms with Crippen molar-refractivity contribution < 1.29 is 4.39 Å². The first-order valence-electron chi connectivity index (χ1n) is 6.79. The zero-order chi connectivity index (χ0) is 13.9. The lowest BCUT2D eigenvalue weighted by atomic mass is 9.77. The summed E-state index contributed by atoms with van der Waals surface area (Å²) in [5, 5.41) is 4.03. The number of alkyl halides is 1. The van der Waals surface area contributed by atoms with Gasteiger partial charge in [-0.3, -0.25) is 0 Å². The Morgan fingerprint density at radius 3 is 2.89 bits per heavy atom. The summed E-state index contributed by atoms with van der Waals surface area (Å²) in [5.74, 6) is 1.01. The first-order valence-corrected chi connectivity index (χ1v) is 7.71. The fraction of sp³-hybridized carbons (Fsp3) is 0.600. The minimum Gasteiger partial charge on any atom is -0.306 e. The van der Waals surface area contributed by atoms with E-state index in [1.54, 1.807) is 6.07 Å². The standard InChI is InChI=1S/C15H20Cl2FN/c1-11-3-2-6-15(8-11,10-16)19-9-12-4-5-13(18)7-14(12)17/h4-5,7,11,19H,2-3,6,8-10H2,1H3. The molecule has 0 spiro atoms. The Morgan fingerprint density at radius 1 is 1.47 bits per heavy atom. The van der Waals surface area contributed by atoms with Crippen LogP contribution in [0.3, 0.4) is 0 Å². The summed E-state index contributed by atoms with van der Waals surface area (Å²) in [5.41, 5.74) is 0.919. The van der Waals surface area contributed by atoms with Gasteiger partial charge in [-0.05, 0) is 36.5 Å². The average Bonchev–Trinajstić information content (AvgIpc) is 2.38. The normalized spacial score (nSPS) is 27.5. The van der Waals surface area contributed by atoms with Gasteiger partial charge in [0, 0.05) is 23.0 Å². The molecule has 0 amide bonds. The van der Waals surface area contributed by atoms with Crippen molar-refractivity contribution in [3.63, 3.8) is 0 Å². The maximum absolute atomic E-state index is 13.0. The minimum absolute atomic E-state index is 0.00304. The van der Waals surface area contributed by atoms with Gasteiger partial charge in [0.25, 0.3) is 0 Å². The van der Waals surface area contributed by atoms with Gasteiger partial charge in [-0.15, -0.1) is 11.6 Å². The van der Waals surface area contributed by atoms with Crippen molar-refractivity contribution in [3.8, 4) is 0 Å². The predicted octanol–water partition coefficient (Wildman–Crippen LogP) is 4.76. The molecule has 1 aliphatic carbocycles. The van der Waals surface area contributed by atoms with Crippen LogP contribution in [0.5, 0.6) is 0 Å². The smallest absolute Gasteiger partial charge is 0.124 e. The number of hydrogen-bond acceptors (Lipinski definition) is 1. The number of benzene rings is 1. The summed E-state index contributed by atoms with van der Waals surface area (Å²) < 4.78 is 13.0. The van der Waals surface area contributed by atoms with Gasteiger partial charge in [0.05, 0.1) is 0 Å². The average molecular weight is 304 g/mol. The molecule has 0 heterocycles. The fourth-order valence-electron chi connectivity index (χ4n) is 2.94. The zero-order valence-corrected chi connectivity index (χ0v) is 12.7. The Kier molecular flexibility index (Phi) is 5.10. The Bertz CT molecular complexity index is 438. The van der Waals surface area contributed by atoms with Crippen LogP contribution in [-0.2, 0) is 6.54 Å². The Labute approximate surface area is 124 Å². The highest BCUT2D eigenvalue weighted by Gasteiger charge is 2.33. The molecule has 1 aromatic carbocycles. The SMILES string of the molecule is CC1CCCC(CCl)(NCc2ccc(F)cc2Cl)C1. The molecule has 1 aromatic rings. The summed E-state index contributed by atoms with van der Waals surface area (Å²) in [4.78, 5) is 0. The summed E-state index contributed by atoms with van der Waals surface area (Å²) >= 11 is 12.2. The number of halogens is 3. The van der Waals surface area contributed by atoms with Crippen LogP contribution >= 0.6 is 23.2 Å². The molecule has 2 atom stereocenters. The third-order valence-corrected chi connectivity index (χ3v) is 4.88. The molecule has 0 aromatic heterocycles. The molecule has 0 bridgehead atoms. The lowest BCUT2D eigenvalue weighted by Gasteiger charge is -2.39. The van der Waals surface area contributed by atoms with E-state index in [0.717, 1.165) is 18.4 Å². The Hall–Kier alpha value is -0.310. The molecule has 0 aliphatic heterocycles. The van der Waals surface area contributed by atoms with E-state index >= 15 is 0 Å². The van der Waals surface area contributed by atoms with Gasteiger partial charge in [0.1, 0.15) is 5.82 Å². The monoisotopic (exact) mass is 303 g/mol. The highest BCUT2D eigenvalue weighted by atomic mass is 35.5. The van der Waals surface area contributed by atoms with Gasteiger partial charge in [-0.2, -0.15) is 0 Å². The molecule has 1 saturated carbocycles. The summed E-state index contributed by atoms with van der Waals surface area (Å²) in [6.07, 6.45) is 4.67. The van der Waals surface area contributed by atoms with Crippen molar-refractivity contribution in [2.75, 3.05) is 5.88 Å². The van der Waals surface area contributed by atoms with E-state index in [2.05, 4.69) is 12.2 Å². The van der Waals surface area contributed by atoms with Crippen LogP contribution in [0.2, 0.25) is 5.02 Å². The van der Waals surface area contributed by atoms with E-state index in [-0.39, 0.29) is 11.4 Å². The lowest BCUT2D eigenvalue weighted by molar-refractivity contribution is 0.207. The van der Waals surface area contributed by atoms with Crippen LogP contribution in [0.1, 0.15) is 38.2 Å². The predicted molar refractivity (Wildman–Crippen MR) is 79.3 cm³/mol. The molecular weight excluding hydrogens is 284 g/mol. The van der Waals surface area contributed by atoms with E-state index in [9.17, 15) is 4.39 Å². The summed E-state index contributed by atoms with van der Waals surface area (Å²) in [6.45, 7) is 2.91. The number of rotatable bonds is 4. The topological polar surface area (TPSA) is 12.0 Å². The first-order chi connectivity index (χ1) is 9.04. The van der Waals surface area contributed by atoms with E-state index in [1.807, 2.05) is 0 Å². The van der Waals surface area contributed by atoms with E-state index in [1.165, 1.54) is 25.0 Å². The molecule has 1 fully saturated rings. The van der Waals surface area contributed by atoms with Crippen LogP contribution in [0.25, 0.3) is 0 Å². The summed E-state index contributed by atoms with van der Waals surface area (Å²) in [7, 11) is 0. The third kappa shape index (κ3) is 3.84. The summed E-state index contributed by atoms with van der Waals surface area (Å²) in [6, 6.07) is 4.54. The molecule has 1 N–H and O–H groups in total. The van der Waals surface area contributed by atoms with Crippen molar-refractivity contribution in [1.29, 1.82) is 0 Å². The van der Waals surface area contributed by atoms with Crippen molar-refractivity contribution in [2.45, 2.75) is 44.7 Å². The van der Waals surface area contributed by atoms with Crippen LogP contribution in [-0.4, -0.2) is 11.4 Å². The van der Waals surface area contributed by atoms with Gasteiger partial charge in [-0.1, -0.05) is 37.4 Å². The molecular formula is C15H20Cl2FN. The van der Waals surface area contributed by atoms with Crippen molar-refractivity contribution >= 4 is 23.2 Å². The molecule has 106 valence electrons. The van der Waals surface area contributed by atoms with Crippen molar-refractivity contribution in [2.24, 2.45) is 5.92 Å². The highest BCUT2D eigenvalue weighted by molar-refractivity contribution is 6.31. The van der Waals surface area contributed by atoms with E-state index in [0.29, 0.717) is 23.4 Å². The van der Waals surface area contributed by atoms with Gasteiger partial charge in [-0.25, -0.2) is 4.39 Å². The van der Waals surface area contributed by atoms with Crippen LogP contribution in [0.4, 0.5) is 4.39 Å². The Morgan fingerprint density at radius 2 is 2.26 bits per heavy atom. The maximum atomic E-state index is 13.0. The van der Waals surface area contributed by atoms with Crippen molar-refractivity contribution in [1.82, 2.24) is 5.32 Å². The second kappa shape index (κ2) is 6.43. The molecule has 2 rings (SSSR count). The van der Waals surface area contributed by atoms with E-state index in [4.69, 9.17) is 23.2 Å². The highest BCUT2D eigenvalue weighted by Crippen LogP contribution is 2.33. The van der Waals surface area contributed by atoms with Gasteiger partial charge in [0.2, 0.25) is 0 Å². The van der Waals surface area contributed by atoms with Crippen LogP contribution in [0, 0.1) is 11.7 Å². The third-order valence-electron chi connectivity index (χ3n) is 4.02. The fourth-order valence-corrected chi connectivity index (χ4v) is 3.51. The maximum Gasteiger partial charge on any atom is 0.124 e. The van der Waals surface area contributed by atoms with Crippen LogP contribution < -0.4 is 5.32 Å². The zero-order valence-electron chi connectivity index (χ0n) is 11.2. The molecule has 1 nitrogen and oxygen atoms in total. The van der Waals surface area contributed by atoms with Crippen molar-refractivity contribution in [3.05, 3.63) is 34.6 Å². The molecule has 4 heteroatoms. The minimum atomic E-state index is -0.299. The molecule has 1 aliphatic rings. The quantitative estimate of drug-likeness (QED) is 0.791.